The van der Waals surface area contributed by atoms with E-state index in [1.807, 2.05) is 0 Å². The van der Waals surface area contributed by atoms with Crippen molar-refractivity contribution in [2.24, 2.45) is 0 Å². The van der Waals surface area contributed by atoms with E-state index in [0.717, 1.165) is 0 Å². The Morgan fingerprint density at radius 3 is 1.67 bits per heavy atom. The highest BCUT2D eigenvalue weighted by Crippen LogP contribution is 2.42. The van der Waals surface area contributed by atoms with Crippen LogP contribution in [-0.2, 0) is 25.7 Å². The number of hydrogen-bond acceptors (Lipinski definition) is 0. The van der Waals surface area contributed by atoms with Crippen molar-refractivity contribution >= 4 is 5.57 Å². The monoisotopic (exact) mass is 280 g/mol. The standard InChI is InChI=1S/C21H28/c1-15-17-11-5-7-13-19(17)21(16-9-3-2-4-10-16)20-14-8-6-12-18(15)20/h9H,2-8,10-14H2,1H3. The smallest absolute Gasteiger partial charge is 0.0158 e. The largest absolute Gasteiger partial charge is 0.0807 e. The van der Waals surface area contributed by atoms with Crippen molar-refractivity contribution in [2.75, 3.05) is 0 Å². The van der Waals surface area contributed by atoms with Gasteiger partial charge in [-0.05, 0) is 123 Å². The number of fused-ring (bicyclic) bond motifs is 2. The molecule has 0 heterocycles. The quantitative estimate of drug-likeness (QED) is 0.618. The van der Waals surface area contributed by atoms with Crippen molar-refractivity contribution in [1.29, 1.82) is 0 Å². The van der Waals surface area contributed by atoms with Gasteiger partial charge in [0.1, 0.15) is 0 Å². The van der Waals surface area contributed by atoms with Gasteiger partial charge in [-0.3, -0.25) is 0 Å². The third kappa shape index (κ3) is 2.28. The Kier molecular flexibility index (Phi) is 3.65. The Morgan fingerprint density at radius 2 is 1.14 bits per heavy atom. The van der Waals surface area contributed by atoms with E-state index < -0.39 is 0 Å². The van der Waals surface area contributed by atoms with Gasteiger partial charge < -0.3 is 0 Å². The highest BCUT2D eigenvalue weighted by Gasteiger charge is 2.26. The Labute approximate surface area is 129 Å². The molecule has 0 unspecified atom stereocenters. The van der Waals surface area contributed by atoms with Crippen LogP contribution in [0.5, 0.6) is 0 Å². The molecular weight excluding hydrogens is 252 g/mol. The van der Waals surface area contributed by atoms with Crippen LogP contribution in [0.15, 0.2) is 6.08 Å². The van der Waals surface area contributed by atoms with Crippen LogP contribution in [0, 0.1) is 6.92 Å². The molecule has 3 aliphatic carbocycles. The summed E-state index contributed by atoms with van der Waals surface area (Å²) in [5.41, 5.74) is 12.2. The predicted molar refractivity (Wildman–Crippen MR) is 90.9 cm³/mol. The lowest BCUT2D eigenvalue weighted by molar-refractivity contribution is 0.646. The highest BCUT2D eigenvalue weighted by atomic mass is 14.3. The summed E-state index contributed by atoms with van der Waals surface area (Å²) in [4.78, 5) is 0. The zero-order valence-electron chi connectivity index (χ0n) is 13.6. The normalized spacial score (nSPS) is 21.5. The molecule has 0 bridgehead atoms. The Hall–Kier alpha value is -1.04. The first kappa shape index (κ1) is 13.6. The zero-order valence-corrected chi connectivity index (χ0v) is 13.6. The lowest BCUT2D eigenvalue weighted by Gasteiger charge is -2.32. The fourth-order valence-corrected chi connectivity index (χ4v) is 5.01. The lowest BCUT2D eigenvalue weighted by Crippen LogP contribution is -2.17. The summed E-state index contributed by atoms with van der Waals surface area (Å²) in [6.07, 6.45) is 19.0. The molecule has 0 nitrogen and oxygen atoms in total. The molecule has 3 aliphatic rings. The first-order valence-electron chi connectivity index (χ1n) is 9.21. The van der Waals surface area contributed by atoms with Gasteiger partial charge in [0.05, 0.1) is 0 Å². The molecule has 0 saturated heterocycles. The maximum atomic E-state index is 2.58. The summed E-state index contributed by atoms with van der Waals surface area (Å²) in [5, 5.41) is 0. The second-order valence-electron chi connectivity index (χ2n) is 7.30. The summed E-state index contributed by atoms with van der Waals surface area (Å²) in [5.74, 6) is 0. The van der Waals surface area contributed by atoms with Crippen molar-refractivity contribution in [1.82, 2.24) is 0 Å². The van der Waals surface area contributed by atoms with E-state index in [1.165, 1.54) is 77.0 Å². The second-order valence-corrected chi connectivity index (χ2v) is 7.30. The number of benzene rings is 1. The van der Waals surface area contributed by atoms with Crippen molar-refractivity contribution in [2.45, 2.75) is 84.0 Å². The van der Waals surface area contributed by atoms with Gasteiger partial charge in [-0.25, -0.2) is 0 Å². The van der Waals surface area contributed by atoms with Crippen LogP contribution >= 0.6 is 0 Å². The summed E-state index contributed by atoms with van der Waals surface area (Å²) < 4.78 is 0. The minimum absolute atomic E-state index is 1.31. The van der Waals surface area contributed by atoms with Crippen molar-refractivity contribution in [3.8, 4) is 0 Å². The second kappa shape index (κ2) is 5.63. The molecule has 0 N–H and O–H groups in total. The van der Waals surface area contributed by atoms with Crippen molar-refractivity contribution < 1.29 is 0 Å². The van der Waals surface area contributed by atoms with E-state index >= 15 is 0 Å². The molecule has 0 saturated carbocycles. The van der Waals surface area contributed by atoms with Gasteiger partial charge in [0.25, 0.3) is 0 Å². The number of allylic oxidation sites excluding steroid dienone is 2. The highest BCUT2D eigenvalue weighted by molar-refractivity contribution is 5.75. The SMILES string of the molecule is Cc1c2c(c(C3=CCCCC3)c3c1CCCC3)CCCC2. The van der Waals surface area contributed by atoms with E-state index in [9.17, 15) is 0 Å². The number of rotatable bonds is 1. The summed E-state index contributed by atoms with van der Waals surface area (Å²) in [7, 11) is 0. The maximum Gasteiger partial charge on any atom is -0.0158 e. The topological polar surface area (TPSA) is 0 Å². The van der Waals surface area contributed by atoms with Crippen LogP contribution in [-0.4, -0.2) is 0 Å². The van der Waals surface area contributed by atoms with Gasteiger partial charge in [-0.1, -0.05) is 6.08 Å². The molecule has 1 aromatic rings. The Morgan fingerprint density at radius 1 is 0.619 bits per heavy atom. The van der Waals surface area contributed by atoms with Crippen LogP contribution in [0.2, 0.25) is 0 Å². The van der Waals surface area contributed by atoms with E-state index in [0.29, 0.717) is 0 Å². The van der Waals surface area contributed by atoms with Gasteiger partial charge in [0.15, 0.2) is 0 Å². The third-order valence-electron chi connectivity index (χ3n) is 6.06. The van der Waals surface area contributed by atoms with E-state index in [4.69, 9.17) is 0 Å². The number of hydrogen-bond donors (Lipinski definition) is 0. The van der Waals surface area contributed by atoms with Gasteiger partial charge >= 0.3 is 0 Å². The summed E-state index contributed by atoms with van der Waals surface area (Å²) >= 11 is 0. The van der Waals surface area contributed by atoms with E-state index in [-0.39, 0.29) is 0 Å². The third-order valence-corrected chi connectivity index (χ3v) is 6.06. The van der Waals surface area contributed by atoms with Crippen LogP contribution in [0.25, 0.3) is 5.57 Å². The van der Waals surface area contributed by atoms with Crippen molar-refractivity contribution in [3.05, 3.63) is 39.5 Å². The van der Waals surface area contributed by atoms with Crippen LogP contribution in [0.1, 0.15) is 84.7 Å². The predicted octanol–water partition coefficient (Wildman–Crippen LogP) is 5.71. The molecule has 0 atom stereocenters. The molecule has 112 valence electrons. The molecule has 0 radical (unpaired) electrons. The van der Waals surface area contributed by atoms with Crippen LogP contribution in [0.4, 0.5) is 0 Å². The molecule has 0 spiro atoms. The Bertz CT molecular complexity index is 552. The summed E-state index contributed by atoms with van der Waals surface area (Å²) in [6.45, 7) is 2.42. The summed E-state index contributed by atoms with van der Waals surface area (Å²) in [6, 6.07) is 0. The average molecular weight is 280 g/mol. The van der Waals surface area contributed by atoms with E-state index in [1.54, 1.807) is 39.0 Å². The average Bonchev–Trinajstić information content (AvgIpc) is 2.56. The minimum Gasteiger partial charge on any atom is -0.0807 e. The van der Waals surface area contributed by atoms with Gasteiger partial charge in [0.2, 0.25) is 0 Å². The fourth-order valence-electron chi connectivity index (χ4n) is 5.01. The molecule has 0 aliphatic heterocycles. The lowest BCUT2D eigenvalue weighted by atomic mass is 9.73. The van der Waals surface area contributed by atoms with E-state index in [2.05, 4.69) is 13.0 Å². The first-order valence-corrected chi connectivity index (χ1v) is 9.21. The molecule has 0 amide bonds. The zero-order chi connectivity index (χ0) is 14.2. The molecule has 0 aromatic heterocycles. The maximum absolute atomic E-state index is 2.58. The minimum atomic E-state index is 1.31. The molecular formula is C21H28. The Balaban J connectivity index is 1.96. The van der Waals surface area contributed by atoms with Crippen molar-refractivity contribution in [3.63, 3.8) is 0 Å². The molecule has 21 heavy (non-hydrogen) atoms. The molecule has 0 fully saturated rings. The molecule has 1 aromatic carbocycles. The van der Waals surface area contributed by atoms with Gasteiger partial charge in [-0.15, -0.1) is 0 Å². The van der Waals surface area contributed by atoms with Gasteiger partial charge in [0, 0.05) is 0 Å². The molecule has 0 heteroatoms. The fraction of sp³-hybridized carbons (Fsp3) is 0.619. The first-order chi connectivity index (χ1) is 10.4. The van der Waals surface area contributed by atoms with Gasteiger partial charge in [-0.2, -0.15) is 0 Å². The van der Waals surface area contributed by atoms with Crippen LogP contribution in [0.3, 0.4) is 0 Å². The van der Waals surface area contributed by atoms with Crippen LogP contribution < -0.4 is 0 Å². The molecule has 4 rings (SSSR count).